The van der Waals surface area contributed by atoms with Crippen molar-refractivity contribution in [3.8, 4) is 5.75 Å². The second-order valence-electron chi connectivity index (χ2n) is 5.41. The molecule has 0 aliphatic rings. The van der Waals surface area contributed by atoms with Gasteiger partial charge in [-0.1, -0.05) is 18.2 Å². The third kappa shape index (κ3) is 6.89. The molecule has 0 spiro atoms. The van der Waals surface area contributed by atoms with Crippen LogP contribution in [0.25, 0.3) is 0 Å². The predicted molar refractivity (Wildman–Crippen MR) is 81.3 cm³/mol. The van der Waals surface area contributed by atoms with Crippen molar-refractivity contribution in [2.24, 2.45) is 0 Å². The number of aliphatic hydroxyl groups excluding tert-OH is 1. The van der Waals surface area contributed by atoms with E-state index in [9.17, 15) is 5.11 Å². The number of benzene rings is 1. The monoisotopic (exact) mass is 281 g/mol. The number of hydrogen-bond acceptors (Lipinski definition) is 4. The molecule has 20 heavy (non-hydrogen) atoms. The molecule has 0 aliphatic heterocycles. The van der Waals surface area contributed by atoms with Gasteiger partial charge in [-0.25, -0.2) is 0 Å². The van der Waals surface area contributed by atoms with Crippen LogP contribution in [0.5, 0.6) is 5.75 Å². The van der Waals surface area contributed by atoms with E-state index in [-0.39, 0.29) is 6.10 Å². The second kappa shape index (κ2) is 8.95. The summed E-state index contributed by atoms with van der Waals surface area (Å²) in [7, 11) is 1.97. The molecule has 4 nitrogen and oxygen atoms in total. The highest BCUT2D eigenvalue weighted by atomic mass is 16.5. The van der Waals surface area contributed by atoms with Crippen LogP contribution in [0.4, 0.5) is 0 Å². The Kier molecular flexibility index (Phi) is 7.59. The number of hydrogen-bond donors (Lipinski definition) is 1. The molecule has 0 aliphatic carbocycles. The van der Waals surface area contributed by atoms with Crippen molar-refractivity contribution in [2.45, 2.75) is 33.0 Å². The summed E-state index contributed by atoms with van der Waals surface area (Å²) < 4.78 is 11.1. The first-order valence-corrected chi connectivity index (χ1v) is 7.15. The van der Waals surface area contributed by atoms with Crippen molar-refractivity contribution in [3.05, 3.63) is 29.8 Å². The van der Waals surface area contributed by atoms with Crippen molar-refractivity contribution in [1.29, 1.82) is 0 Å². The first kappa shape index (κ1) is 17.0. The second-order valence-corrected chi connectivity index (χ2v) is 5.41. The summed E-state index contributed by atoms with van der Waals surface area (Å²) >= 11 is 0. The number of aliphatic hydroxyl groups is 1. The fourth-order valence-electron chi connectivity index (χ4n) is 1.84. The van der Waals surface area contributed by atoms with E-state index in [1.54, 1.807) is 0 Å². The molecule has 1 aromatic rings. The Morgan fingerprint density at radius 1 is 1.25 bits per heavy atom. The smallest absolute Gasteiger partial charge is 0.122 e. The maximum atomic E-state index is 9.82. The highest BCUT2D eigenvalue weighted by molar-refractivity contribution is 5.31. The first-order chi connectivity index (χ1) is 9.49. The van der Waals surface area contributed by atoms with Gasteiger partial charge in [-0.3, -0.25) is 0 Å². The van der Waals surface area contributed by atoms with Gasteiger partial charge in [-0.05, 0) is 39.4 Å². The highest BCUT2D eigenvalue weighted by Gasteiger charge is 2.09. The van der Waals surface area contributed by atoms with Gasteiger partial charge < -0.3 is 19.5 Å². The topological polar surface area (TPSA) is 41.9 Å². The third-order valence-corrected chi connectivity index (χ3v) is 2.97. The lowest BCUT2D eigenvalue weighted by Gasteiger charge is -2.21. The average molecular weight is 281 g/mol. The van der Waals surface area contributed by atoms with Gasteiger partial charge in [-0.15, -0.1) is 0 Å². The van der Waals surface area contributed by atoms with Crippen LogP contribution in [0.15, 0.2) is 24.3 Å². The van der Waals surface area contributed by atoms with Crippen LogP contribution in [0.2, 0.25) is 0 Å². The minimum Gasteiger partial charge on any atom is -0.492 e. The number of nitrogens with zero attached hydrogens (tertiary/aromatic N) is 1. The van der Waals surface area contributed by atoms with E-state index in [0.717, 1.165) is 17.9 Å². The van der Waals surface area contributed by atoms with Crippen molar-refractivity contribution >= 4 is 0 Å². The minimum absolute atomic E-state index is 0.152. The van der Waals surface area contributed by atoms with Gasteiger partial charge in [0, 0.05) is 13.1 Å². The van der Waals surface area contributed by atoms with Crippen molar-refractivity contribution in [3.63, 3.8) is 0 Å². The maximum Gasteiger partial charge on any atom is 0.122 e. The molecular weight excluding hydrogens is 254 g/mol. The zero-order valence-corrected chi connectivity index (χ0v) is 13.0. The summed E-state index contributed by atoms with van der Waals surface area (Å²) in [5.41, 5.74) is 1.14. The summed E-state index contributed by atoms with van der Waals surface area (Å²) in [5.74, 6) is 0.921. The normalized spacial score (nSPS) is 12.9. The van der Waals surface area contributed by atoms with E-state index in [4.69, 9.17) is 9.47 Å². The number of ether oxygens (including phenoxy) is 2. The number of likely N-dealkylation sites (N-methyl/N-ethyl adjacent to an activating group) is 1. The van der Waals surface area contributed by atoms with E-state index >= 15 is 0 Å². The highest BCUT2D eigenvalue weighted by Crippen LogP contribution is 2.15. The molecule has 0 fully saturated rings. The standard InChI is InChI=1S/C16H27NO3/c1-13(2)20-12-15(18)11-17(4)9-10-19-16-8-6-5-7-14(16)3/h5-8,13,15,18H,9-12H2,1-4H3/t15-/m0/s1. The van der Waals surface area contributed by atoms with Crippen LogP contribution in [-0.4, -0.2) is 55.6 Å². The van der Waals surface area contributed by atoms with E-state index in [1.807, 2.05) is 57.0 Å². The zero-order chi connectivity index (χ0) is 15.0. The number of rotatable bonds is 9. The van der Waals surface area contributed by atoms with Gasteiger partial charge >= 0.3 is 0 Å². The molecule has 0 unspecified atom stereocenters. The Morgan fingerprint density at radius 3 is 2.60 bits per heavy atom. The van der Waals surface area contributed by atoms with E-state index in [0.29, 0.717) is 19.8 Å². The minimum atomic E-state index is -0.458. The Bertz CT molecular complexity index is 382. The van der Waals surface area contributed by atoms with Crippen LogP contribution in [0.3, 0.4) is 0 Å². The molecule has 1 N–H and O–H groups in total. The summed E-state index contributed by atoms with van der Waals surface area (Å²) in [6.07, 6.45) is -0.305. The van der Waals surface area contributed by atoms with Crippen LogP contribution in [0.1, 0.15) is 19.4 Å². The summed E-state index contributed by atoms with van der Waals surface area (Å²) in [4.78, 5) is 2.05. The number of para-hydroxylation sites is 1. The molecule has 0 aromatic heterocycles. The van der Waals surface area contributed by atoms with Gasteiger partial charge in [0.2, 0.25) is 0 Å². The Hall–Kier alpha value is -1.10. The molecule has 4 heteroatoms. The van der Waals surface area contributed by atoms with E-state index in [2.05, 4.69) is 0 Å². The zero-order valence-electron chi connectivity index (χ0n) is 13.0. The van der Waals surface area contributed by atoms with Crippen LogP contribution in [0, 0.1) is 6.92 Å². The van der Waals surface area contributed by atoms with Crippen molar-refractivity contribution < 1.29 is 14.6 Å². The fraction of sp³-hybridized carbons (Fsp3) is 0.625. The molecule has 0 saturated carbocycles. The van der Waals surface area contributed by atoms with Crippen LogP contribution >= 0.6 is 0 Å². The SMILES string of the molecule is Cc1ccccc1OCCN(C)C[C@H](O)COC(C)C. The van der Waals surface area contributed by atoms with Crippen LogP contribution < -0.4 is 4.74 Å². The van der Waals surface area contributed by atoms with Crippen LogP contribution in [-0.2, 0) is 4.74 Å². The van der Waals surface area contributed by atoms with Gasteiger partial charge in [0.15, 0.2) is 0 Å². The molecule has 114 valence electrons. The average Bonchev–Trinajstić information content (AvgIpc) is 2.38. The fourth-order valence-corrected chi connectivity index (χ4v) is 1.84. The van der Waals surface area contributed by atoms with Gasteiger partial charge in [-0.2, -0.15) is 0 Å². The van der Waals surface area contributed by atoms with E-state index in [1.165, 1.54) is 0 Å². The molecule has 0 bridgehead atoms. The molecule has 0 saturated heterocycles. The Balaban J connectivity index is 2.20. The quantitative estimate of drug-likeness (QED) is 0.752. The molecule has 1 aromatic carbocycles. The van der Waals surface area contributed by atoms with E-state index < -0.39 is 6.10 Å². The third-order valence-electron chi connectivity index (χ3n) is 2.97. The predicted octanol–water partition coefficient (Wildman–Crippen LogP) is 2.09. The Labute approximate surface area is 122 Å². The molecule has 1 rings (SSSR count). The van der Waals surface area contributed by atoms with Gasteiger partial charge in [0.05, 0.1) is 18.8 Å². The first-order valence-electron chi connectivity index (χ1n) is 7.15. The van der Waals surface area contributed by atoms with Gasteiger partial charge in [0.1, 0.15) is 12.4 Å². The Morgan fingerprint density at radius 2 is 1.95 bits per heavy atom. The molecule has 0 heterocycles. The number of aryl methyl sites for hydroxylation is 1. The largest absolute Gasteiger partial charge is 0.492 e. The maximum absolute atomic E-state index is 9.82. The van der Waals surface area contributed by atoms with Crippen molar-refractivity contribution in [2.75, 3.05) is 33.4 Å². The lowest BCUT2D eigenvalue weighted by atomic mass is 10.2. The summed E-state index contributed by atoms with van der Waals surface area (Å²) in [5, 5.41) is 9.82. The molecule has 1 atom stereocenters. The summed E-state index contributed by atoms with van der Waals surface area (Å²) in [6, 6.07) is 7.98. The lowest BCUT2D eigenvalue weighted by Crippen LogP contribution is -2.35. The molecule has 0 radical (unpaired) electrons. The van der Waals surface area contributed by atoms with Crippen molar-refractivity contribution in [1.82, 2.24) is 4.90 Å². The molecule has 0 amide bonds. The summed E-state index contributed by atoms with van der Waals surface area (Å²) in [6.45, 7) is 8.31. The molecular formula is C16H27NO3. The lowest BCUT2D eigenvalue weighted by molar-refractivity contribution is -0.00650. The van der Waals surface area contributed by atoms with Gasteiger partial charge in [0.25, 0.3) is 0 Å².